The molecule has 0 unspecified atom stereocenters. The Labute approximate surface area is 286 Å². The van der Waals surface area contributed by atoms with Crippen molar-refractivity contribution >= 4 is 43.5 Å². The van der Waals surface area contributed by atoms with Crippen molar-refractivity contribution in [2.24, 2.45) is 0 Å². The Morgan fingerprint density at radius 2 is 1.57 bits per heavy atom. The van der Waals surface area contributed by atoms with Crippen LogP contribution in [0.5, 0.6) is 5.75 Å². The maximum atomic E-state index is 14.7. The minimum absolute atomic E-state index is 0.0145. The molecule has 2 amide bonds. The van der Waals surface area contributed by atoms with Gasteiger partial charge in [0.05, 0.1) is 22.2 Å². The number of rotatable bonds is 14. The molecule has 0 aliphatic carbocycles. The van der Waals surface area contributed by atoms with Crippen LogP contribution in [0.2, 0.25) is 0 Å². The largest absolute Gasteiger partial charge is 0.496 e. The molecule has 0 radical (unpaired) electrons. The fraction of sp³-hybridized carbons (Fsp3) is 0.297. The molecular formula is C37H42BrN3O5S. The van der Waals surface area contributed by atoms with E-state index < -0.39 is 28.5 Å². The van der Waals surface area contributed by atoms with Crippen molar-refractivity contribution in [1.82, 2.24) is 10.2 Å². The van der Waals surface area contributed by atoms with Crippen LogP contribution in [0.4, 0.5) is 5.69 Å². The van der Waals surface area contributed by atoms with Crippen LogP contribution in [0.15, 0.2) is 106 Å². The van der Waals surface area contributed by atoms with Crippen LogP contribution in [0.25, 0.3) is 0 Å². The number of hydrogen-bond acceptors (Lipinski definition) is 5. The summed E-state index contributed by atoms with van der Waals surface area (Å²) in [6.07, 6.45) is 0.968. The van der Waals surface area contributed by atoms with Crippen LogP contribution < -0.4 is 14.4 Å². The first kappa shape index (κ1) is 35.7. The number of anilines is 1. The number of amides is 2. The van der Waals surface area contributed by atoms with Gasteiger partial charge in [0.2, 0.25) is 11.8 Å². The van der Waals surface area contributed by atoms with Crippen LogP contribution >= 0.6 is 15.9 Å². The van der Waals surface area contributed by atoms with Gasteiger partial charge in [-0.25, -0.2) is 8.42 Å². The van der Waals surface area contributed by atoms with Gasteiger partial charge in [-0.3, -0.25) is 13.9 Å². The molecule has 8 nitrogen and oxygen atoms in total. The molecule has 4 rings (SSSR count). The normalized spacial score (nSPS) is 12.6. The monoisotopic (exact) mass is 719 g/mol. The summed E-state index contributed by atoms with van der Waals surface area (Å²) < 4.78 is 35.6. The smallest absolute Gasteiger partial charge is 0.264 e. The number of hydrogen-bond donors (Lipinski definition) is 1. The molecule has 10 heteroatoms. The van der Waals surface area contributed by atoms with Crippen LogP contribution in [0.1, 0.15) is 42.5 Å². The molecule has 1 N–H and O–H groups in total. The Bertz CT molecular complexity index is 1780. The Kier molecular flexibility index (Phi) is 12.2. The maximum absolute atomic E-state index is 14.7. The first-order chi connectivity index (χ1) is 22.4. The topological polar surface area (TPSA) is 96.0 Å². The van der Waals surface area contributed by atoms with Crippen LogP contribution in [-0.2, 0) is 32.6 Å². The molecule has 0 fully saturated rings. The van der Waals surface area contributed by atoms with Gasteiger partial charge in [0.1, 0.15) is 18.3 Å². The number of ether oxygens (including phenoxy) is 1. The number of methoxy groups -OCH3 is 1. The first-order valence-corrected chi connectivity index (χ1v) is 17.8. The Hall–Kier alpha value is -4.15. The third-order valence-corrected chi connectivity index (χ3v) is 10.6. The van der Waals surface area contributed by atoms with Gasteiger partial charge in [-0.2, -0.15) is 0 Å². The second kappa shape index (κ2) is 16.1. The van der Waals surface area contributed by atoms with E-state index in [1.165, 1.54) is 24.1 Å². The molecule has 4 aromatic rings. The highest BCUT2D eigenvalue weighted by atomic mass is 79.9. The van der Waals surface area contributed by atoms with E-state index in [1.807, 2.05) is 82.3 Å². The van der Waals surface area contributed by atoms with Crippen molar-refractivity contribution in [3.8, 4) is 5.75 Å². The molecule has 0 heterocycles. The molecule has 2 atom stereocenters. The van der Waals surface area contributed by atoms with Crippen LogP contribution in [0, 0.1) is 13.8 Å². The van der Waals surface area contributed by atoms with Crippen LogP contribution in [-0.4, -0.2) is 50.9 Å². The minimum atomic E-state index is -4.25. The van der Waals surface area contributed by atoms with Gasteiger partial charge in [-0.05, 0) is 90.1 Å². The highest BCUT2D eigenvalue weighted by molar-refractivity contribution is 9.10. The number of nitrogens with one attached hydrogen (secondary N) is 1. The van der Waals surface area contributed by atoms with Gasteiger partial charge in [-0.1, -0.05) is 79.2 Å². The van der Waals surface area contributed by atoms with Gasteiger partial charge in [0, 0.05) is 19.0 Å². The van der Waals surface area contributed by atoms with Gasteiger partial charge in [0.25, 0.3) is 10.0 Å². The zero-order valence-electron chi connectivity index (χ0n) is 27.4. The van der Waals surface area contributed by atoms with Crippen molar-refractivity contribution in [2.75, 3.05) is 18.0 Å². The summed E-state index contributed by atoms with van der Waals surface area (Å²) in [5.41, 5.74) is 3.97. The van der Waals surface area contributed by atoms with Crippen molar-refractivity contribution in [3.63, 3.8) is 0 Å². The third-order valence-electron chi connectivity index (χ3n) is 8.19. The summed E-state index contributed by atoms with van der Waals surface area (Å²) in [5, 5.41) is 3.07. The van der Waals surface area contributed by atoms with E-state index in [0.717, 1.165) is 26.6 Å². The van der Waals surface area contributed by atoms with Crippen molar-refractivity contribution in [2.45, 2.75) is 64.1 Å². The number of aryl methyl sites for hydroxylation is 2. The van der Waals surface area contributed by atoms with Crippen molar-refractivity contribution in [1.29, 1.82) is 0 Å². The number of nitrogens with zero attached hydrogens (tertiary/aromatic N) is 2. The molecule has 0 bridgehead atoms. The quantitative estimate of drug-likeness (QED) is 0.154. The van der Waals surface area contributed by atoms with E-state index in [0.29, 0.717) is 22.3 Å². The maximum Gasteiger partial charge on any atom is 0.264 e. The van der Waals surface area contributed by atoms with E-state index in [-0.39, 0.29) is 29.8 Å². The molecule has 0 saturated carbocycles. The van der Waals surface area contributed by atoms with Gasteiger partial charge in [-0.15, -0.1) is 0 Å². The lowest BCUT2D eigenvalue weighted by molar-refractivity contribution is -0.140. The summed E-state index contributed by atoms with van der Waals surface area (Å²) in [4.78, 5) is 30.2. The summed E-state index contributed by atoms with van der Waals surface area (Å²) >= 11 is 3.40. The molecule has 0 aliphatic heterocycles. The Morgan fingerprint density at radius 1 is 0.915 bits per heavy atom. The lowest BCUT2D eigenvalue weighted by Crippen LogP contribution is -2.54. The zero-order valence-corrected chi connectivity index (χ0v) is 29.8. The van der Waals surface area contributed by atoms with E-state index >= 15 is 0 Å². The SMILES string of the molecule is CC[C@H](C)NC(=O)[C@@H](Cc1ccccc1)N(Cc1ccccc1C)C(=O)CN(c1ccc(C)cc1)S(=O)(=O)c1ccc(OC)c(Br)c1. The first-order valence-electron chi connectivity index (χ1n) is 15.6. The van der Waals surface area contributed by atoms with E-state index in [1.54, 1.807) is 30.3 Å². The average molecular weight is 721 g/mol. The van der Waals surface area contributed by atoms with Crippen molar-refractivity contribution < 1.29 is 22.7 Å². The number of halogens is 1. The predicted octanol–water partition coefficient (Wildman–Crippen LogP) is 6.82. The fourth-order valence-electron chi connectivity index (χ4n) is 5.14. The molecule has 0 saturated heterocycles. The highest BCUT2D eigenvalue weighted by Crippen LogP contribution is 2.31. The van der Waals surface area contributed by atoms with E-state index in [2.05, 4.69) is 21.2 Å². The molecule has 0 spiro atoms. The minimum Gasteiger partial charge on any atom is -0.496 e. The van der Waals surface area contributed by atoms with Gasteiger partial charge in [0.15, 0.2) is 0 Å². The van der Waals surface area contributed by atoms with E-state index in [4.69, 9.17) is 4.74 Å². The fourth-order valence-corrected chi connectivity index (χ4v) is 7.27. The average Bonchev–Trinajstić information content (AvgIpc) is 3.06. The van der Waals surface area contributed by atoms with Crippen LogP contribution in [0.3, 0.4) is 0 Å². The van der Waals surface area contributed by atoms with Gasteiger partial charge >= 0.3 is 0 Å². The second-order valence-corrected chi connectivity index (χ2v) is 14.3. The predicted molar refractivity (Wildman–Crippen MR) is 190 cm³/mol. The standard InChI is InChI=1S/C37H42BrN3O5S/c1-6-28(4)39-37(43)34(22-29-13-8-7-9-14-29)40(24-30-15-11-10-12-27(30)3)36(42)25-41(31-18-16-26(2)17-19-31)47(44,45)32-20-21-35(46-5)33(38)23-32/h7-21,23,28,34H,6,22,24-25H2,1-5H3,(H,39,43)/t28-,34+/m0/s1. The van der Waals surface area contributed by atoms with E-state index in [9.17, 15) is 18.0 Å². The van der Waals surface area contributed by atoms with Gasteiger partial charge < -0.3 is 15.0 Å². The molecule has 47 heavy (non-hydrogen) atoms. The lowest BCUT2D eigenvalue weighted by Gasteiger charge is -2.34. The number of sulfonamides is 1. The molecule has 4 aromatic carbocycles. The summed E-state index contributed by atoms with van der Waals surface area (Å²) in [6, 6.07) is 27.6. The summed E-state index contributed by atoms with van der Waals surface area (Å²) in [5.74, 6) is -0.332. The molecule has 0 aliphatic rings. The zero-order chi connectivity index (χ0) is 34.1. The molecular weight excluding hydrogens is 678 g/mol. The number of benzene rings is 4. The highest BCUT2D eigenvalue weighted by Gasteiger charge is 2.35. The Morgan fingerprint density at radius 3 is 2.19 bits per heavy atom. The summed E-state index contributed by atoms with van der Waals surface area (Å²) in [7, 11) is -2.75. The molecule has 248 valence electrons. The Balaban J connectivity index is 1.83. The summed E-state index contributed by atoms with van der Waals surface area (Å²) in [6.45, 7) is 7.35. The second-order valence-electron chi connectivity index (χ2n) is 11.6. The third kappa shape index (κ3) is 9.02. The van der Waals surface area contributed by atoms with Crippen molar-refractivity contribution in [3.05, 3.63) is 124 Å². The molecule has 0 aromatic heterocycles. The number of carbonyl (C=O) groups excluding carboxylic acids is 2. The number of carbonyl (C=O) groups is 2. The lowest BCUT2D eigenvalue weighted by atomic mass is 10.0.